The van der Waals surface area contributed by atoms with Gasteiger partial charge >= 0.3 is 0 Å². The van der Waals surface area contributed by atoms with Crippen LogP contribution in [0.25, 0.3) is 0 Å². The summed E-state index contributed by atoms with van der Waals surface area (Å²) in [6.45, 7) is 6.89. The van der Waals surface area contributed by atoms with Crippen LogP contribution in [0.2, 0.25) is 5.15 Å². The first-order chi connectivity index (χ1) is 10.3. The first-order valence-corrected chi connectivity index (χ1v) is 8.65. The van der Waals surface area contributed by atoms with Crippen LogP contribution in [0.15, 0.2) is 6.33 Å². The van der Waals surface area contributed by atoms with E-state index in [1.807, 2.05) is 0 Å². The fraction of sp³-hybridized carbons (Fsp3) is 0.750. The van der Waals surface area contributed by atoms with Crippen molar-refractivity contribution in [2.45, 2.75) is 51.5 Å². The molecule has 1 aromatic heterocycles. The molecule has 2 fully saturated rings. The van der Waals surface area contributed by atoms with Crippen molar-refractivity contribution in [1.29, 1.82) is 0 Å². The molecule has 2 saturated heterocycles. The molecular formula is C16H25ClN4. The highest BCUT2D eigenvalue weighted by Gasteiger charge is 2.30. The van der Waals surface area contributed by atoms with Crippen molar-refractivity contribution in [3.8, 4) is 0 Å². The lowest BCUT2D eigenvalue weighted by molar-refractivity contribution is 0.174. The summed E-state index contributed by atoms with van der Waals surface area (Å²) >= 11 is 6.28. The quantitative estimate of drug-likeness (QED) is 0.800. The molecule has 2 aliphatic heterocycles. The smallest absolute Gasteiger partial charge is 0.137 e. The van der Waals surface area contributed by atoms with Crippen LogP contribution >= 0.6 is 11.6 Å². The maximum atomic E-state index is 6.28. The highest BCUT2D eigenvalue weighted by atomic mass is 35.5. The van der Waals surface area contributed by atoms with Gasteiger partial charge in [0.25, 0.3) is 0 Å². The van der Waals surface area contributed by atoms with Gasteiger partial charge in [-0.05, 0) is 38.8 Å². The van der Waals surface area contributed by atoms with Crippen molar-refractivity contribution in [1.82, 2.24) is 14.9 Å². The van der Waals surface area contributed by atoms with Crippen LogP contribution in [-0.4, -0.2) is 47.1 Å². The second-order valence-corrected chi connectivity index (χ2v) is 6.56. The summed E-state index contributed by atoms with van der Waals surface area (Å²) in [7, 11) is 0. The van der Waals surface area contributed by atoms with Crippen molar-refractivity contribution < 1.29 is 0 Å². The third-order valence-corrected chi connectivity index (χ3v) is 5.07. The Morgan fingerprint density at radius 1 is 1.19 bits per heavy atom. The molecule has 3 heterocycles. The van der Waals surface area contributed by atoms with Crippen molar-refractivity contribution >= 4 is 17.4 Å². The Morgan fingerprint density at radius 2 is 2.00 bits per heavy atom. The average Bonchev–Trinajstić information content (AvgIpc) is 3.00. The summed E-state index contributed by atoms with van der Waals surface area (Å²) < 4.78 is 0. The first-order valence-electron chi connectivity index (χ1n) is 8.28. The summed E-state index contributed by atoms with van der Waals surface area (Å²) in [6, 6.07) is 0.688. The Bertz CT molecular complexity index is 473. The Hall–Kier alpha value is -0.870. The number of rotatable bonds is 4. The molecule has 116 valence electrons. The van der Waals surface area contributed by atoms with E-state index in [0.29, 0.717) is 11.2 Å². The van der Waals surface area contributed by atoms with Gasteiger partial charge in [0.2, 0.25) is 0 Å². The maximum absolute atomic E-state index is 6.28. The third kappa shape index (κ3) is 3.32. The zero-order valence-corrected chi connectivity index (χ0v) is 13.6. The standard InChI is InChI=1S/C16H25ClN4/c1-2-6-14-15(17)18-12-19-16(14)21-10-7-13(11-21)20-8-4-3-5-9-20/h12-13H,2-11H2,1H3. The molecule has 1 aromatic rings. The Kier molecular flexibility index (Phi) is 4.96. The number of hydrogen-bond acceptors (Lipinski definition) is 4. The number of anilines is 1. The largest absolute Gasteiger partial charge is 0.355 e. The zero-order chi connectivity index (χ0) is 14.7. The average molecular weight is 309 g/mol. The van der Waals surface area contributed by atoms with E-state index in [9.17, 15) is 0 Å². The van der Waals surface area contributed by atoms with Gasteiger partial charge in [0, 0.05) is 24.7 Å². The number of aromatic nitrogens is 2. The predicted molar refractivity (Wildman–Crippen MR) is 87.1 cm³/mol. The lowest BCUT2D eigenvalue weighted by atomic mass is 10.1. The number of piperidine rings is 1. The van der Waals surface area contributed by atoms with Crippen LogP contribution in [0, 0.1) is 0 Å². The van der Waals surface area contributed by atoms with Gasteiger partial charge in [-0.1, -0.05) is 31.4 Å². The summed E-state index contributed by atoms with van der Waals surface area (Å²) in [6.07, 6.45) is 8.99. The highest BCUT2D eigenvalue weighted by Crippen LogP contribution is 2.29. The molecule has 0 saturated carbocycles. The molecule has 5 heteroatoms. The van der Waals surface area contributed by atoms with E-state index in [1.165, 1.54) is 38.8 Å². The predicted octanol–water partition coefficient (Wildman–Crippen LogP) is 3.15. The maximum Gasteiger partial charge on any atom is 0.137 e. The van der Waals surface area contributed by atoms with E-state index < -0.39 is 0 Å². The number of nitrogens with zero attached hydrogens (tertiary/aromatic N) is 4. The molecule has 1 atom stereocenters. The molecule has 0 radical (unpaired) electrons. The molecule has 0 spiro atoms. The Labute approximate surface area is 132 Å². The number of halogens is 1. The molecule has 1 unspecified atom stereocenters. The number of hydrogen-bond donors (Lipinski definition) is 0. The van der Waals surface area contributed by atoms with Crippen molar-refractivity contribution in [3.63, 3.8) is 0 Å². The van der Waals surface area contributed by atoms with Gasteiger partial charge in [-0.15, -0.1) is 0 Å². The minimum absolute atomic E-state index is 0.628. The summed E-state index contributed by atoms with van der Waals surface area (Å²) in [4.78, 5) is 13.8. The van der Waals surface area contributed by atoms with Crippen molar-refractivity contribution in [3.05, 3.63) is 17.0 Å². The van der Waals surface area contributed by atoms with E-state index in [-0.39, 0.29) is 0 Å². The second kappa shape index (κ2) is 6.93. The second-order valence-electron chi connectivity index (χ2n) is 6.20. The van der Waals surface area contributed by atoms with Gasteiger partial charge in [0.15, 0.2) is 0 Å². The molecule has 0 aliphatic carbocycles. The minimum Gasteiger partial charge on any atom is -0.355 e. The molecule has 0 N–H and O–H groups in total. The Balaban J connectivity index is 1.72. The summed E-state index contributed by atoms with van der Waals surface area (Å²) in [5.41, 5.74) is 1.13. The van der Waals surface area contributed by atoms with Crippen molar-refractivity contribution in [2.24, 2.45) is 0 Å². The molecular weight excluding hydrogens is 284 g/mol. The van der Waals surface area contributed by atoms with Crippen molar-refractivity contribution in [2.75, 3.05) is 31.1 Å². The van der Waals surface area contributed by atoms with Crippen LogP contribution in [0.3, 0.4) is 0 Å². The van der Waals surface area contributed by atoms with Gasteiger partial charge < -0.3 is 4.90 Å². The van der Waals surface area contributed by atoms with E-state index in [0.717, 1.165) is 37.3 Å². The van der Waals surface area contributed by atoms with Gasteiger partial charge in [-0.3, -0.25) is 4.90 Å². The lowest BCUT2D eigenvalue weighted by Gasteiger charge is -2.32. The Morgan fingerprint density at radius 3 is 2.76 bits per heavy atom. The third-order valence-electron chi connectivity index (χ3n) is 4.74. The molecule has 2 aliphatic rings. The van der Waals surface area contributed by atoms with Gasteiger partial charge in [0.05, 0.1) is 0 Å². The fourth-order valence-corrected chi connectivity index (χ4v) is 3.86. The zero-order valence-electron chi connectivity index (χ0n) is 12.9. The van der Waals surface area contributed by atoms with Crippen LogP contribution < -0.4 is 4.90 Å². The van der Waals surface area contributed by atoms with Gasteiger partial charge in [-0.2, -0.15) is 0 Å². The monoisotopic (exact) mass is 308 g/mol. The van der Waals surface area contributed by atoms with Gasteiger partial charge in [0.1, 0.15) is 17.3 Å². The molecule has 4 nitrogen and oxygen atoms in total. The fourth-order valence-electron chi connectivity index (χ4n) is 3.64. The number of likely N-dealkylation sites (tertiary alicyclic amines) is 1. The van der Waals surface area contributed by atoms with E-state index in [2.05, 4.69) is 26.7 Å². The van der Waals surface area contributed by atoms with E-state index in [4.69, 9.17) is 11.6 Å². The SMILES string of the molecule is CCCc1c(Cl)ncnc1N1CCC(N2CCCCC2)C1. The van der Waals surface area contributed by atoms with Crippen LogP contribution in [0.4, 0.5) is 5.82 Å². The first kappa shape index (κ1) is 15.0. The normalized spacial score (nSPS) is 23.7. The summed E-state index contributed by atoms with van der Waals surface area (Å²) in [5, 5.41) is 0.628. The van der Waals surface area contributed by atoms with Crippen LogP contribution in [-0.2, 0) is 6.42 Å². The van der Waals surface area contributed by atoms with E-state index >= 15 is 0 Å². The van der Waals surface area contributed by atoms with E-state index in [1.54, 1.807) is 6.33 Å². The molecule has 0 amide bonds. The molecule has 3 rings (SSSR count). The molecule has 21 heavy (non-hydrogen) atoms. The molecule has 0 bridgehead atoms. The molecule has 0 aromatic carbocycles. The van der Waals surface area contributed by atoms with Crippen LogP contribution in [0.1, 0.15) is 44.6 Å². The topological polar surface area (TPSA) is 32.3 Å². The van der Waals surface area contributed by atoms with Gasteiger partial charge in [-0.25, -0.2) is 9.97 Å². The van der Waals surface area contributed by atoms with Crippen LogP contribution in [0.5, 0.6) is 0 Å². The summed E-state index contributed by atoms with van der Waals surface area (Å²) in [5.74, 6) is 1.07. The highest BCUT2D eigenvalue weighted by molar-refractivity contribution is 6.30. The lowest BCUT2D eigenvalue weighted by Crippen LogP contribution is -2.41. The minimum atomic E-state index is 0.628.